The molecule has 0 aromatic heterocycles. The monoisotopic (exact) mass is 440 g/mol. The van der Waals surface area contributed by atoms with Gasteiger partial charge in [-0.25, -0.2) is 0 Å². The van der Waals surface area contributed by atoms with Crippen molar-refractivity contribution in [3.8, 4) is 0 Å². The topological polar surface area (TPSA) is 120 Å². The Morgan fingerprint density at radius 2 is 0.867 bits per heavy atom. The third kappa shape index (κ3) is 5.31. The Kier molecular flexibility index (Phi) is 6.60. The van der Waals surface area contributed by atoms with Crippen molar-refractivity contribution in [1.82, 2.24) is 0 Å². The first-order valence-electron chi connectivity index (χ1n) is 8.37. The number of carbonyl (C=O) groups excluding carboxylic acids is 2. The summed E-state index contributed by atoms with van der Waals surface area (Å²) in [7, 11) is 0. The van der Waals surface area contributed by atoms with Gasteiger partial charge in [-0.15, -0.1) is 0 Å². The first-order valence-corrected chi connectivity index (χ1v) is 10.00. The van der Waals surface area contributed by atoms with Crippen molar-refractivity contribution in [2.75, 3.05) is 0 Å². The van der Waals surface area contributed by atoms with Crippen LogP contribution in [0, 0.1) is 20.2 Å². The summed E-state index contributed by atoms with van der Waals surface area (Å²) in [4.78, 5) is 46.2. The van der Waals surface area contributed by atoms with Crippen LogP contribution in [0.1, 0.15) is 20.7 Å². The molecule has 0 bridgehead atoms. The number of thioether (sulfide) groups is 2. The van der Waals surface area contributed by atoms with Crippen LogP contribution in [-0.4, -0.2) is 20.1 Å². The molecule has 0 saturated carbocycles. The van der Waals surface area contributed by atoms with Crippen molar-refractivity contribution in [3.63, 3.8) is 0 Å². The molecule has 0 unspecified atom stereocenters. The summed E-state index contributed by atoms with van der Waals surface area (Å²) in [5.74, 6) is 0. The maximum atomic E-state index is 12.4. The van der Waals surface area contributed by atoms with E-state index in [9.17, 15) is 29.8 Å². The highest BCUT2D eigenvalue weighted by molar-refractivity contribution is 8.14. The molecule has 0 N–H and O–H groups in total. The van der Waals surface area contributed by atoms with Gasteiger partial charge < -0.3 is 0 Å². The molecular formula is C20H12N2O6S2. The van der Waals surface area contributed by atoms with Crippen LogP contribution >= 0.6 is 23.5 Å². The predicted molar refractivity (Wildman–Crippen MR) is 113 cm³/mol. The van der Waals surface area contributed by atoms with Crippen LogP contribution in [0.3, 0.4) is 0 Å². The van der Waals surface area contributed by atoms with Crippen molar-refractivity contribution in [1.29, 1.82) is 0 Å². The van der Waals surface area contributed by atoms with Crippen LogP contribution in [0.4, 0.5) is 11.4 Å². The van der Waals surface area contributed by atoms with E-state index in [2.05, 4.69) is 0 Å². The highest BCUT2D eigenvalue weighted by Gasteiger charge is 2.13. The van der Waals surface area contributed by atoms with Gasteiger partial charge in [0.15, 0.2) is 0 Å². The molecule has 0 fully saturated rings. The van der Waals surface area contributed by atoms with E-state index in [1.165, 1.54) is 72.8 Å². The van der Waals surface area contributed by atoms with Gasteiger partial charge >= 0.3 is 0 Å². The van der Waals surface area contributed by atoms with Crippen molar-refractivity contribution in [2.24, 2.45) is 0 Å². The Morgan fingerprint density at radius 3 is 1.13 bits per heavy atom. The SMILES string of the molecule is O=C(Sc1ccc([N+](=O)[O-])cc1)c1ccc(C(=O)Sc2ccc([N+](=O)[O-])cc2)cc1. The van der Waals surface area contributed by atoms with Gasteiger partial charge in [-0.05, 0) is 72.1 Å². The summed E-state index contributed by atoms with van der Waals surface area (Å²) >= 11 is 1.86. The third-order valence-corrected chi connectivity index (χ3v) is 5.73. The highest BCUT2D eigenvalue weighted by Crippen LogP contribution is 2.27. The zero-order valence-electron chi connectivity index (χ0n) is 15.1. The zero-order chi connectivity index (χ0) is 21.7. The molecule has 30 heavy (non-hydrogen) atoms. The fourth-order valence-corrected chi connectivity index (χ4v) is 3.83. The van der Waals surface area contributed by atoms with Crippen LogP contribution in [0.25, 0.3) is 0 Å². The Bertz CT molecular complexity index is 1020. The van der Waals surface area contributed by atoms with Gasteiger partial charge in [-0.1, -0.05) is 0 Å². The molecule has 0 aliphatic carbocycles. The van der Waals surface area contributed by atoms with Gasteiger partial charge in [0.25, 0.3) is 11.4 Å². The quantitative estimate of drug-likeness (QED) is 0.285. The first kappa shape index (κ1) is 21.2. The van der Waals surface area contributed by atoms with Gasteiger partial charge in [0.05, 0.1) is 9.85 Å². The molecule has 0 atom stereocenters. The molecule has 150 valence electrons. The van der Waals surface area contributed by atoms with Crippen molar-refractivity contribution >= 4 is 45.1 Å². The van der Waals surface area contributed by atoms with Gasteiger partial charge in [0.2, 0.25) is 10.2 Å². The predicted octanol–water partition coefficient (Wildman–Crippen LogP) is 5.37. The van der Waals surface area contributed by atoms with E-state index in [0.717, 1.165) is 23.5 Å². The number of nitrogens with zero attached hydrogens (tertiary/aromatic N) is 2. The van der Waals surface area contributed by atoms with E-state index in [0.29, 0.717) is 20.9 Å². The number of carbonyl (C=O) groups is 2. The molecule has 0 aliphatic heterocycles. The number of nitro groups is 2. The standard InChI is InChI=1S/C20H12N2O6S2/c23-19(29-17-9-5-15(6-10-17)21(25)26)13-1-2-14(4-3-13)20(24)30-18-11-7-16(8-12-18)22(27)28/h1-12H. The van der Waals surface area contributed by atoms with Gasteiger partial charge in [-0.2, -0.15) is 0 Å². The second kappa shape index (κ2) is 9.33. The molecule has 10 heteroatoms. The van der Waals surface area contributed by atoms with Crippen LogP contribution < -0.4 is 0 Å². The van der Waals surface area contributed by atoms with Crippen molar-refractivity contribution in [2.45, 2.75) is 9.79 Å². The lowest BCUT2D eigenvalue weighted by molar-refractivity contribution is -0.385. The molecule has 3 rings (SSSR count). The molecule has 3 aromatic carbocycles. The van der Waals surface area contributed by atoms with Crippen LogP contribution in [0.2, 0.25) is 0 Å². The van der Waals surface area contributed by atoms with E-state index >= 15 is 0 Å². The summed E-state index contributed by atoms with van der Waals surface area (Å²) in [6.45, 7) is 0. The smallest absolute Gasteiger partial charge is 0.269 e. The maximum absolute atomic E-state index is 12.4. The number of benzene rings is 3. The Balaban J connectivity index is 1.63. The second-order valence-electron chi connectivity index (χ2n) is 5.86. The van der Waals surface area contributed by atoms with Crippen molar-refractivity contribution in [3.05, 3.63) is 104 Å². The van der Waals surface area contributed by atoms with Gasteiger partial charge in [-0.3, -0.25) is 29.8 Å². The van der Waals surface area contributed by atoms with E-state index in [4.69, 9.17) is 0 Å². The molecule has 8 nitrogen and oxygen atoms in total. The first-order chi connectivity index (χ1) is 14.3. The Hall–Kier alpha value is -3.50. The third-order valence-electron chi connectivity index (χ3n) is 3.87. The molecule has 3 aromatic rings. The summed E-state index contributed by atoms with van der Waals surface area (Å²) in [5.41, 5.74) is 0.658. The minimum atomic E-state index is -0.513. The summed E-state index contributed by atoms with van der Waals surface area (Å²) in [6, 6.07) is 17.4. The average molecular weight is 440 g/mol. The average Bonchev–Trinajstić information content (AvgIpc) is 2.74. The summed E-state index contributed by atoms with van der Waals surface area (Å²) in [5, 5.41) is 20.8. The van der Waals surface area contributed by atoms with Gasteiger partial charge in [0.1, 0.15) is 0 Å². The molecule has 0 spiro atoms. The van der Waals surface area contributed by atoms with E-state index in [1.54, 1.807) is 0 Å². The van der Waals surface area contributed by atoms with E-state index in [1.807, 2.05) is 0 Å². The highest BCUT2D eigenvalue weighted by atomic mass is 32.2. The normalized spacial score (nSPS) is 10.4. The summed E-state index contributed by atoms with van der Waals surface area (Å²) in [6.07, 6.45) is 0. The molecule has 0 amide bonds. The number of rotatable bonds is 6. The Morgan fingerprint density at radius 1 is 0.567 bits per heavy atom. The number of hydrogen-bond acceptors (Lipinski definition) is 8. The van der Waals surface area contributed by atoms with E-state index in [-0.39, 0.29) is 21.6 Å². The zero-order valence-corrected chi connectivity index (χ0v) is 16.7. The fraction of sp³-hybridized carbons (Fsp3) is 0. The number of hydrogen-bond donors (Lipinski definition) is 0. The second-order valence-corrected chi connectivity index (χ2v) is 7.95. The minimum absolute atomic E-state index is 0.0554. The molecule has 0 saturated heterocycles. The van der Waals surface area contributed by atoms with Crippen LogP contribution in [0.5, 0.6) is 0 Å². The van der Waals surface area contributed by atoms with E-state index < -0.39 is 9.85 Å². The Labute approximate surface area is 178 Å². The molecule has 0 aliphatic rings. The minimum Gasteiger partial charge on any atom is -0.281 e. The van der Waals surface area contributed by atoms with Crippen LogP contribution in [0.15, 0.2) is 82.6 Å². The maximum Gasteiger partial charge on any atom is 0.269 e. The molecular weight excluding hydrogens is 428 g/mol. The number of non-ortho nitro benzene ring substituents is 2. The molecule has 0 heterocycles. The lowest BCUT2D eigenvalue weighted by atomic mass is 10.2. The summed E-state index contributed by atoms with van der Waals surface area (Å²) < 4.78 is 0. The largest absolute Gasteiger partial charge is 0.281 e. The lowest BCUT2D eigenvalue weighted by Gasteiger charge is -2.04. The van der Waals surface area contributed by atoms with Crippen molar-refractivity contribution < 1.29 is 19.4 Å². The lowest BCUT2D eigenvalue weighted by Crippen LogP contribution is -1.97. The fourth-order valence-electron chi connectivity index (χ4n) is 2.35. The molecule has 0 radical (unpaired) electrons. The number of nitro benzene ring substituents is 2. The van der Waals surface area contributed by atoms with Crippen LogP contribution in [-0.2, 0) is 0 Å². The van der Waals surface area contributed by atoms with Gasteiger partial charge in [0, 0.05) is 45.2 Å².